The van der Waals surface area contributed by atoms with Gasteiger partial charge in [-0.3, -0.25) is 4.79 Å². The van der Waals surface area contributed by atoms with E-state index in [1.807, 2.05) is 6.92 Å². The first kappa shape index (κ1) is 36.1. The monoisotopic (exact) mass is 682 g/mol. The number of aliphatic hydroxyl groups is 7. The zero-order valence-electron chi connectivity index (χ0n) is 28.3. The Hall–Kier alpha value is -1.68. The van der Waals surface area contributed by atoms with Crippen molar-refractivity contribution in [3.8, 4) is 0 Å². The largest absolute Gasteiger partial charge is 0.481 e. The van der Waals surface area contributed by atoms with Gasteiger partial charge in [0.25, 0.3) is 0 Å². The summed E-state index contributed by atoms with van der Waals surface area (Å²) in [7, 11) is 0. The number of rotatable bonds is 6. The van der Waals surface area contributed by atoms with Crippen LogP contribution in [0.15, 0.2) is 11.6 Å². The van der Waals surface area contributed by atoms with E-state index < -0.39 is 94.6 Å². The van der Waals surface area contributed by atoms with Crippen LogP contribution in [0.4, 0.5) is 0 Å². The van der Waals surface area contributed by atoms with Crippen molar-refractivity contribution in [1.82, 2.24) is 0 Å². The van der Waals surface area contributed by atoms with Gasteiger partial charge in [0.05, 0.1) is 24.7 Å². The number of aliphatic carboxylic acids is 2. The Balaban J connectivity index is 1.38. The summed E-state index contributed by atoms with van der Waals surface area (Å²) in [5, 5.41) is 97.3. The lowest BCUT2D eigenvalue weighted by atomic mass is 9.33. The Morgan fingerprint density at radius 2 is 1.54 bits per heavy atom. The number of aliphatic hydroxyl groups excluding tert-OH is 6. The van der Waals surface area contributed by atoms with Crippen molar-refractivity contribution in [3.63, 3.8) is 0 Å². The lowest BCUT2D eigenvalue weighted by molar-refractivity contribution is -0.349. The molecule has 15 atom stereocenters. The van der Waals surface area contributed by atoms with E-state index in [2.05, 4.69) is 26.8 Å². The summed E-state index contributed by atoms with van der Waals surface area (Å²) in [6, 6.07) is 0. The number of carbonyl (C=O) groups is 2. The van der Waals surface area contributed by atoms with E-state index in [-0.39, 0.29) is 36.7 Å². The van der Waals surface area contributed by atoms with E-state index in [4.69, 9.17) is 9.47 Å². The third-order valence-corrected chi connectivity index (χ3v) is 14.7. The van der Waals surface area contributed by atoms with Gasteiger partial charge in [-0.15, -0.1) is 0 Å². The Bertz CT molecular complexity index is 1330. The van der Waals surface area contributed by atoms with E-state index in [9.17, 15) is 55.5 Å². The molecule has 6 rings (SSSR count). The molecule has 48 heavy (non-hydrogen) atoms. The molecule has 0 spiro atoms. The van der Waals surface area contributed by atoms with Crippen LogP contribution in [0.3, 0.4) is 0 Å². The quantitative estimate of drug-likeness (QED) is 0.139. The van der Waals surface area contributed by atoms with Crippen molar-refractivity contribution in [2.45, 2.75) is 134 Å². The minimum atomic E-state index is -2.67. The lowest BCUT2D eigenvalue weighted by Gasteiger charge is -2.71. The Kier molecular flexibility index (Phi) is 8.79. The fourth-order valence-electron chi connectivity index (χ4n) is 12.0. The third kappa shape index (κ3) is 4.68. The number of carboxylic acid groups (broad SMARTS) is 2. The Morgan fingerprint density at radius 1 is 0.875 bits per heavy atom. The van der Waals surface area contributed by atoms with Gasteiger partial charge in [-0.1, -0.05) is 39.3 Å². The molecule has 0 radical (unpaired) electrons. The molecular weight excluding hydrogens is 628 g/mol. The first-order chi connectivity index (χ1) is 22.3. The minimum Gasteiger partial charge on any atom is -0.481 e. The molecule has 0 aromatic rings. The van der Waals surface area contributed by atoms with Gasteiger partial charge in [0.2, 0.25) is 0 Å². The van der Waals surface area contributed by atoms with Gasteiger partial charge in [0.1, 0.15) is 30.5 Å². The summed E-state index contributed by atoms with van der Waals surface area (Å²) in [4.78, 5) is 26.1. The molecule has 0 aromatic carbocycles. The third-order valence-electron chi connectivity index (χ3n) is 14.7. The normalized spacial score (nSPS) is 52.9. The second-order valence-corrected chi connectivity index (χ2v) is 17.2. The molecule has 0 amide bonds. The van der Waals surface area contributed by atoms with Crippen molar-refractivity contribution in [1.29, 1.82) is 0 Å². The Labute approximate surface area is 280 Å². The smallest absolute Gasteiger partial charge is 0.338 e. The fourth-order valence-corrected chi connectivity index (χ4v) is 12.0. The second kappa shape index (κ2) is 11.7. The maximum atomic E-state index is 13.1. The minimum absolute atomic E-state index is 0.00973. The topological polar surface area (TPSA) is 235 Å². The van der Waals surface area contributed by atoms with Gasteiger partial charge in [-0.05, 0) is 85.9 Å². The molecule has 13 heteroatoms. The van der Waals surface area contributed by atoms with Crippen molar-refractivity contribution in [3.05, 3.63) is 11.6 Å². The number of ether oxygens (including phenoxy) is 2. The molecule has 1 saturated heterocycles. The van der Waals surface area contributed by atoms with E-state index in [1.165, 1.54) is 0 Å². The zero-order chi connectivity index (χ0) is 35.4. The van der Waals surface area contributed by atoms with Crippen LogP contribution in [-0.2, 0) is 19.1 Å². The molecule has 5 fully saturated rings. The molecule has 1 heterocycles. The molecule has 0 bridgehead atoms. The van der Waals surface area contributed by atoms with Gasteiger partial charge in [0, 0.05) is 11.3 Å². The number of hydrogen-bond donors (Lipinski definition) is 9. The summed E-state index contributed by atoms with van der Waals surface area (Å²) in [6.45, 7) is 7.36. The van der Waals surface area contributed by atoms with Crippen LogP contribution in [0.5, 0.6) is 0 Å². The number of allylic oxidation sites excluding steroid dienone is 1. The highest BCUT2D eigenvalue weighted by Crippen LogP contribution is 2.75. The van der Waals surface area contributed by atoms with Crippen LogP contribution in [0.1, 0.15) is 85.5 Å². The molecule has 272 valence electrons. The van der Waals surface area contributed by atoms with Crippen molar-refractivity contribution in [2.24, 2.45) is 44.8 Å². The van der Waals surface area contributed by atoms with Crippen LogP contribution in [-0.4, -0.2) is 120 Å². The van der Waals surface area contributed by atoms with E-state index >= 15 is 0 Å². The highest BCUT2D eigenvalue weighted by molar-refractivity contribution is 5.79. The average Bonchev–Trinajstić information content (AvgIpc) is 3.01. The Morgan fingerprint density at radius 3 is 2.15 bits per heavy atom. The second-order valence-electron chi connectivity index (χ2n) is 17.2. The lowest BCUT2D eigenvalue weighted by Crippen LogP contribution is -2.74. The van der Waals surface area contributed by atoms with Gasteiger partial charge in [-0.2, -0.15) is 0 Å². The standard InChI is InChI=1S/C35H54O13/c1-30(2)9-10-33(28(42)43)11-12-34(16-37)17(18(33)13-30)5-6-21-31(3)14-19(38)26(35(46,29(44)45)22(31)7-8-32(21,34)4)48-27-25(41)24(40)23(39)20(15-36)47-27/h5,18-27,36-41,46H,6-16H2,1-4H3,(H,42,43)(H,44,45). The highest BCUT2D eigenvalue weighted by Gasteiger charge is 2.74. The fraction of sp³-hybridized carbons (Fsp3) is 0.886. The molecule has 13 nitrogen and oxygen atoms in total. The molecule has 5 aliphatic carbocycles. The number of carboxylic acids is 2. The van der Waals surface area contributed by atoms with Gasteiger partial charge < -0.3 is 55.4 Å². The predicted octanol–water partition coefficient (Wildman–Crippen LogP) is 0.791. The molecule has 0 aromatic heterocycles. The molecule has 15 unspecified atom stereocenters. The average molecular weight is 683 g/mol. The molecule has 4 saturated carbocycles. The molecule has 6 aliphatic rings. The number of hydrogen-bond acceptors (Lipinski definition) is 11. The summed E-state index contributed by atoms with van der Waals surface area (Å²) < 4.78 is 11.3. The molecule has 9 N–H and O–H groups in total. The zero-order valence-corrected chi connectivity index (χ0v) is 28.3. The first-order valence-electron chi connectivity index (χ1n) is 17.4. The van der Waals surface area contributed by atoms with Gasteiger partial charge >= 0.3 is 11.9 Å². The van der Waals surface area contributed by atoms with Crippen molar-refractivity contribution in [2.75, 3.05) is 13.2 Å². The molecular formula is C35H54O13. The van der Waals surface area contributed by atoms with E-state index in [0.717, 1.165) is 12.0 Å². The summed E-state index contributed by atoms with van der Waals surface area (Å²) in [5.41, 5.74) is -5.03. The number of fused-ring (bicyclic) bond motifs is 7. The van der Waals surface area contributed by atoms with E-state index in [1.54, 1.807) is 0 Å². The summed E-state index contributed by atoms with van der Waals surface area (Å²) in [6.07, 6.45) is -5.73. The predicted molar refractivity (Wildman–Crippen MR) is 167 cm³/mol. The summed E-state index contributed by atoms with van der Waals surface area (Å²) >= 11 is 0. The van der Waals surface area contributed by atoms with Crippen LogP contribution in [0, 0.1) is 44.8 Å². The van der Waals surface area contributed by atoms with Crippen LogP contribution < -0.4 is 0 Å². The van der Waals surface area contributed by atoms with Gasteiger partial charge in [-0.25, -0.2) is 4.79 Å². The van der Waals surface area contributed by atoms with Crippen LogP contribution in [0.25, 0.3) is 0 Å². The SMILES string of the molecule is CC1(C)CCC2(C(=O)O)CCC3(CO)C(=CCC4C5(C)CC(O)C(OC6OC(CO)C(O)C(O)C6O)C(O)(C(=O)O)C5CCC43C)C2C1. The van der Waals surface area contributed by atoms with E-state index in [0.29, 0.717) is 38.5 Å². The van der Waals surface area contributed by atoms with Crippen molar-refractivity contribution < 1.29 is 65.0 Å². The van der Waals surface area contributed by atoms with Crippen molar-refractivity contribution >= 4 is 11.9 Å². The van der Waals surface area contributed by atoms with Crippen LogP contribution >= 0.6 is 0 Å². The highest BCUT2D eigenvalue weighted by atomic mass is 16.7. The summed E-state index contributed by atoms with van der Waals surface area (Å²) in [5.74, 6) is -3.94. The van der Waals surface area contributed by atoms with Crippen LogP contribution in [0.2, 0.25) is 0 Å². The first-order valence-corrected chi connectivity index (χ1v) is 17.4. The maximum absolute atomic E-state index is 13.1. The maximum Gasteiger partial charge on any atom is 0.338 e. The molecule has 1 aliphatic heterocycles. The van der Waals surface area contributed by atoms with Gasteiger partial charge in [0.15, 0.2) is 11.9 Å².